The van der Waals surface area contributed by atoms with Crippen LogP contribution in [-0.4, -0.2) is 35.8 Å². The van der Waals surface area contributed by atoms with Crippen LogP contribution in [0.15, 0.2) is 11.4 Å². The second-order valence-electron chi connectivity index (χ2n) is 5.13. The summed E-state index contributed by atoms with van der Waals surface area (Å²) in [6.07, 6.45) is 2.18. The lowest BCUT2D eigenvalue weighted by Gasteiger charge is -2.35. The Bertz CT molecular complexity index is 577. The topological polar surface area (TPSA) is 59.1 Å². The molecule has 0 spiro atoms. The fraction of sp³-hybridized carbons (Fsp3) is 0.538. The van der Waals surface area contributed by atoms with E-state index in [0.717, 1.165) is 42.1 Å². The molecule has 1 saturated heterocycles. The van der Waals surface area contributed by atoms with Crippen molar-refractivity contribution in [3.8, 4) is 0 Å². The van der Waals surface area contributed by atoms with Gasteiger partial charge in [-0.1, -0.05) is 0 Å². The van der Waals surface area contributed by atoms with Crippen molar-refractivity contribution in [3.63, 3.8) is 0 Å². The quantitative estimate of drug-likeness (QED) is 0.904. The van der Waals surface area contributed by atoms with E-state index >= 15 is 0 Å². The average molecular weight is 278 g/mol. The lowest BCUT2D eigenvalue weighted by atomic mass is 9.95. The van der Waals surface area contributed by atoms with Crippen molar-refractivity contribution in [1.29, 1.82) is 0 Å². The molecule has 5 nitrogen and oxygen atoms in total. The van der Waals surface area contributed by atoms with Crippen molar-refractivity contribution in [2.45, 2.75) is 25.3 Å². The van der Waals surface area contributed by atoms with Crippen molar-refractivity contribution in [2.24, 2.45) is 0 Å². The van der Waals surface area contributed by atoms with Crippen molar-refractivity contribution >= 4 is 33.3 Å². The zero-order valence-electron chi connectivity index (χ0n) is 11.2. The van der Waals surface area contributed by atoms with Gasteiger partial charge in [-0.05, 0) is 31.2 Å². The smallest absolute Gasteiger partial charge is 0.225 e. The van der Waals surface area contributed by atoms with Gasteiger partial charge in [0.2, 0.25) is 5.95 Å². The zero-order chi connectivity index (χ0) is 13.3. The minimum Gasteiger partial charge on any atom is -0.379 e. The monoisotopic (exact) mass is 278 g/mol. The number of thiophene rings is 1. The van der Waals surface area contributed by atoms with E-state index in [0.29, 0.717) is 5.95 Å². The standard InChI is InChI=1S/C13H18N4OS/c1-13(5-3-6-18-8-13)17-10-9-4-7-19-11(9)16-12(14-2)15-10/h4,7H,3,5-6,8H2,1-2H3,(H2,14,15,16,17). The maximum absolute atomic E-state index is 5.59. The molecule has 0 aliphatic carbocycles. The summed E-state index contributed by atoms with van der Waals surface area (Å²) in [5.41, 5.74) is -0.0491. The van der Waals surface area contributed by atoms with Crippen LogP contribution >= 0.6 is 11.3 Å². The molecule has 3 heterocycles. The van der Waals surface area contributed by atoms with E-state index < -0.39 is 0 Å². The first-order valence-corrected chi connectivity index (χ1v) is 7.37. The minimum absolute atomic E-state index is 0.0491. The first-order chi connectivity index (χ1) is 9.20. The molecule has 3 rings (SSSR count). The molecule has 0 radical (unpaired) electrons. The van der Waals surface area contributed by atoms with Crippen molar-refractivity contribution in [1.82, 2.24) is 9.97 Å². The van der Waals surface area contributed by atoms with Gasteiger partial charge in [-0.2, -0.15) is 4.98 Å². The Morgan fingerprint density at radius 1 is 1.42 bits per heavy atom. The molecule has 1 aliphatic heterocycles. The van der Waals surface area contributed by atoms with E-state index in [2.05, 4.69) is 33.6 Å². The number of ether oxygens (including phenoxy) is 1. The van der Waals surface area contributed by atoms with E-state index in [-0.39, 0.29) is 5.54 Å². The Balaban J connectivity index is 1.96. The minimum atomic E-state index is -0.0491. The fourth-order valence-corrected chi connectivity index (χ4v) is 3.14. The normalized spacial score (nSPS) is 23.5. The zero-order valence-corrected chi connectivity index (χ0v) is 12.0. The predicted octanol–water partition coefficient (Wildman–Crippen LogP) is 2.71. The van der Waals surface area contributed by atoms with Crippen LogP contribution in [0.3, 0.4) is 0 Å². The number of hydrogen-bond acceptors (Lipinski definition) is 6. The Hall–Kier alpha value is -1.40. The molecule has 1 aliphatic rings. The summed E-state index contributed by atoms with van der Waals surface area (Å²) in [5, 5.41) is 9.69. The Kier molecular flexibility index (Phi) is 3.28. The predicted molar refractivity (Wildman–Crippen MR) is 79.0 cm³/mol. The molecule has 0 bridgehead atoms. The molecule has 1 atom stereocenters. The molecule has 2 N–H and O–H groups in total. The Morgan fingerprint density at radius 2 is 2.32 bits per heavy atom. The fourth-order valence-electron chi connectivity index (χ4n) is 2.38. The van der Waals surface area contributed by atoms with Gasteiger partial charge in [0, 0.05) is 13.7 Å². The Morgan fingerprint density at radius 3 is 3.05 bits per heavy atom. The van der Waals surface area contributed by atoms with E-state index in [1.54, 1.807) is 11.3 Å². The highest BCUT2D eigenvalue weighted by Crippen LogP contribution is 2.30. The number of nitrogens with zero attached hydrogens (tertiary/aromatic N) is 2. The summed E-state index contributed by atoms with van der Waals surface area (Å²) >= 11 is 1.63. The lowest BCUT2D eigenvalue weighted by Crippen LogP contribution is -2.43. The summed E-state index contributed by atoms with van der Waals surface area (Å²) in [6, 6.07) is 2.06. The molecule has 1 unspecified atom stereocenters. The van der Waals surface area contributed by atoms with Crippen LogP contribution in [0.2, 0.25) is 0 Å². The van der Waals surface area contributed by atoms with Gasteiger partial charge in [0.15, 0.2) is 0 Å². The summed E-state index contributed by atoms with van der Waals surface area (Å²) in [5.74, 6) is 1.54. The first-order valence-electron chi connectivity index (χ1n) is 6.49. The van der Waals surface area contributed by atoms with Crippen LogP contribution in [0.4, 0.5) is 11.8 Å². The average Bonchev–Trinajstić information content (AvgIpc) is 2.87. The lowest BCUT2D eigenvalue weighted by molar-refractivity contribution is 0.0539. The molecule has 2 aromatic rings. The van der Waals surface area contributed by atoms with E-state index in [4.69, 9.17) is 4.74 Å². The van der Waals surface area contributed by atoms with Gasteiger partial charge in [0.05, 0.1) is 17.5 Å². The highest BCUT2D eigenvalue weighted by atomic mass is 32.1. The molecule has 0 amide bonds. The number of fused-ring (bicyclic) bond motifs is 1. The molecular weight excluding hydrogens is 260 g/mol. The van der Waals surface area contributed by atoms with Crippen LogP contribution < -0.4 is 10.6 Å². The number of rotatable bonds is 3. The van der Waals surface area contributed by atoms with Gasteiger partial charge >= 0.3 is 0 Å². The second-order valence-corrected chi connectivity index (χ2v) is 6.02. The van der Waals surface area contributed by atoms with Gasteiger partial charge in [0.1, 0.15) is 10.6 Å². The van der Waals surface area contributed by atoms with Crippen molar-refractivity contribution in [2.75, 3.05) is 30.9 Å². The van der Waals surface area contributed by atoms with Gasteiger partial charge < -0.3 is 15.4 Å². The molecule has 19 heavy (non-hydrogen) atoms. The van der Waals surface area contributed by atoms with E-state index in [1.807, 2.05) is 12.4 Å². The van der Waals surface area contributed by atoms with Crippen LogP contribution in [0, 0.1) is 0 Å². The highest BCUT2D eigenvalue weighted by Gasteiger charge is 2.28. The van der Waals surface area contributed by atoms with Crippen LogP contribution in [0.5, 0.6) is 0 Å². The maximum Gasteiger partial charge on any atom is 0.225 e. The number of hydrogen-bond donors (Lipinski definition) is 2. The molecule has 6 heteroatoms. The highest BCUT2D eigenvalue weighted by molar-refractivity contribution is 7.16. The molecular formula is C13H18N4OS. The van der Waals surface area contributed by atoms with Crippen LogP contribution in [0.1, 0.15) is 19.8 Å². The maximum atomic E-state index is 5.59. The molecule has 2 aromatic heterocycles. The van der Waals surface area contributed by atoms with E-state index in [1.165, 1.54) is 0 Å². The number of aromatic nitrogens is 2. The van der Waals surface area contributed by atoms with Crippen LogP contribution in [-0.2, 0) is 4.74 Å². The third-order valence-corrected chi connectivity index (χ3v) is 4.21. The molecule has 0 aromatic carbocycles. The first kappa shape index (κ1) is 12.6. The third-order valence-electron chi connectivity index (χ3n) is 3.41. The van der Waals surface area contributed by atoms with Gasteiger partial charge in [-0.3, -0.25) is 0 Å². The third kappa shape index (κ3) is 2.50. The van der Waals surface area contributed by atoms with Gasteiger partial charge in [-0.15, -0.1) is 11.3 Å². The van der Waals surface area contributed by atoms with Crippen molar-refractivity contribution in [3.05, 3.63) is 11.4 Å². The van der Waals surface area contributed by atoms with Crippen molar-refractivity contribution < 1.29 is 4.74 Å². The summed E-state index contributed by atoms with van der Waals surface area (Å²) < 4.78 is 5.59. The second kappa shape index (κ2) is 4.94. The van der Waals surface area contributed by atoms with Crippen LogP contribution in [0.25, 0.3) is 10.2 Å². The van der Waals surface area contributed by atoms with E-state index in [9.17, 15) is 0 Å². The van der Waals surface area contributed by atoms with Gasteiger partial charge in [-0.25, -0.2) is 4.98 Å². The molecule has 102 valence electrons. The SMILES string of the molecule is CNc1nc(NC2(C)CCCOC2)c2ccsc2n1. The molecule has 1 fully saturated rings. The molecule has 0 saturated carbocycles. The largest absolute Gasteiger partial charge is 0.379 e. The number of anilines is 2. The Labute approximate surface area is 116 Å². The summed E-state index contributed by atoms with van der Waals surface area (Å²) in [6.45, 7) is 3.76. The summed E-state index contributed by atoms with van der Waals surface area (Å²) in [7, 11) is 1.84. The number of nitrogens with one attached hydrogen (secondary N) is 2. The van der Waals surface area contributed by atoms with Gasteiger partial charge in [0.25, 0.3) is 0 Å². The summed E-state index contributed by atoms with van der Waals surface area (Å²) in [4.78, 5) is 10.0.